The van der Waals surface area contributed by atoms with E-state index in [1.54, 1.807) is 6.07 Å². The lowest BCUT2D eigenvalue weighted by Gasteiger charge is -2.21. The Morgan fingerprint density at radius 2 is 2.12 bits per heavy atom. The van der Waals surface area contributed by atoms with Crippen molar-refractivity contribution in [2.24, 2.45) is 4.99 Å². The van der Waals surface area contributed by atoms with Gasteiger partial charge in [-0.25, -0.2) is 4.39 Å². The van der Waals surface area contributed by atoms with Crippen LogP contribution in [0.5, 0.6) is 5.75 Å². The third-order valence-corrected chi connectivity index (χ3v) is 2.30. The quantitative estimate of drug-likeness (QED) is 0.855. The Labute approximate surface area is 101 Å². The first-order chi connectivity index (χ1) is 7.96. The fourth-order valence-electron chi connectivity index (χ4n) is 1.65. The number of aliphatic imine (C=N–C) groups is 1. The van der Waals surface area contributed by atoms with Crippen LogP contribution in [-0.2, 0) is 0 Å². The second kappa shape index (κ2) is 4.35. The van der Waals surface area contributed by atoms with Crippen LogP contribution in [0.25, 0.3) is 0 Å². The smallest absolute Gasteiger partial charge is 0.165 e. The molecule has 1 aromatic rings. The van der Waals surface area contributed by atoms with E-state index in [1.807, 2.05) is 26.8 Å². The van der Waals surface area contributed by atoms with Crippen molar-refractivity contribution >= 4 is 5.84 Å². The zero-order valence-corrected chi connectivity index (χ0v) is 10.4. The lowest BCUT2D eigenvalue weighted by molar-refractivity contribution is 0.124. The number of hydrogen-bond donors (Lipinski definition) is 1. The molecule has 4 heteroatoms. The van der Waals surface area contributed by atoms with Crippen LogP contribution in [0.4, 0.5) is 4.39 Å². The average Bonchev–Trinajstić information content (AvgIpc) is 2.72. The highest BCUT2D eigenvalue weighted by atomic mass is 19.1. The Morgan fingerprint density at radius 1 is 1.35 bits per heavy atom. The summed E-state index contributed by atoms with van der Waals surface area (Å²) in [6.45, 7) is 7.24. The Kier molecular flexibility index (Phi) is 3.05. The van der Waals surface area contributed by atoms with Gasteiger partial charge in [0.25, 0.3) is 0 Å². The van der Waals surface area contributed by atoms with E-state index in [1.165, 1.54) is 6.07 Å². The second-order valence-electron chi connectivity index (χ2n) is 5.02. The van der Waals surface area contributed by atoms with E-state index in [2.05, 4.69) is 10.3 Å². The molecule has 0 unspecified atom stereocenters. The summed E-state index contributed by atoms with van der Waals surface area (Å²) in [6.07, 6.45) is 0. The normalized spacial score (nSPS) is 15.4. The highest BCUT2D eigenvalue weighted by Crippen LogP contribution is 2.23. The number of amidine groups is 1. The largest absolute Gasteiger partial charge is 0.485 e. The van der Waals surface area contributed by atoms with Gasteiger partial charge in [-0.2, -0.15) is 0 Å². The first-order valence-corrected chi connectivity index (χ1v) is 5.73. The molecule has 1 N–H and O–H groups in total. The minimum absolute atomic E-state index is 0.278. The van der Waals surface area contributed by atoms with Gasteiger partial charge in [0, 0.05) is 12.1 Å². The van der Waals surface area contributed by atoms with E-state index in [0.29, 0.717) is 0 Å². The summed E-state index contributed by atoms with van der Waals surface area (Å²) < 4.78 is 19.3. The molecule has 0 bridgehead atoms. The number of nitrogens with one attached hydrogen (secondary N) is 1. The maximum Gasteiger partial charge on any atom is 0.165 e. The van der Waals surface area contributed by atoms with Gasteiger partial charge in [-0.15, -0.1) is 0 Å². The summed E-state index contributed by atoms with van der Waals surface area (Å²) in [6, 6.07) is 4.93. The summed E-state index contributed by atoms with van der Waals surface area (Å²) in [5.41, 5.74) is 0.368. The molecule has 0 aliphatic carbocycles. The molecule has 0 saturated carbocycles. The minimum Gasteiger partial charge on any atom is -0.485 e. The molecule has 1 aromatic carbocycles. The van der Waals surface area contributed by atoms with Gasteiger partial charge < -0.3 is 10.1 Å². The molecule has 1 aliphatic heterocycles. The number of halogens is 1. The number of ether oxygens (including phenoxy) is 1. The topological polar surface area (TPSA) is 33.6 Å². The predicted octanol–water partition coefficient (Wildman–Crippen LogP) is 2.35. The Morgan fingerprint density at radius 3 is 2.65 bits per heavy atom. The number of nitrogens with zero attached hydrogens (tertiary/aromatic N) is 1. The molecule has 0 saturated heterocycles. The molecule has 17 heavy (non-hydrogen) atoms. The van der Waals surface area contributed by atoms with Gasteiger partial charge in [-0.1, -0.05) is 0 Å². The van der Waals surface area contributed by atoms with Crippen LogP contribution >= 0.6 is 0 Å². The number of benzene rings is 1. The molecule has 0 amide bonds. The van der Waals surface area contributed by atoms with Crippen molar-refractivity contribution in [3.8, 4) is 5.75 Å². The lowest BCUT2D eigenvalue weighted by atomic mass is 10.1. The fourth-order valence-corrected chi connectivity index (χ4v) is 1.65. The molecule has 92 valence electrons. The van der Waals surface area contributed by atoms with Gasteiger partial charge in [0.2, 0.25) is 0 Å². The zero-order chi connectivity index (χ0) is 12.5. The third-order valence-electron chi connectivity index (χ3n) is 2.30. The molecule has 3 nitrogen and oxygen atoms in total. The summed E-state index contributed by atoms with van der Waals surface area (Å²) >= 11 is 0. The van der Waals surface area contributed by atoms with Gasteiger partial charge in [0.15, 0.2) is 11.6 Å². The first-order valence-electron chi connectivity index (χ1n) is 5.73. The molecular weight excluding hydrogens is 219 g/mol. The van der Waals surface area contributed by atoms with Gasteiger partial charge in [0.05, 0.1) is 6.54 Å². The Bertz CT molecular complexity index is 449. The van der Waals surface area contributed by atoms with Gasteiger partial charge in [-0.05, 0) is 39.0 Å². The molecule has 0 fully saturated rings. The molecule has 0 spiro atoms. The molecule has 1 aliphatic rings. The van der Waals surface area contributed by atoms with Crippen molar-refractivity contribution in [2.45, 2.75) is 26.4 Å². The predicted molar refractivity (Wildman–Crippen MR) is 66.2 cm³/mol. The average molecular weight is 236 g/mol. The van der Waals surface area contributed by atoms with E-state index < -0.39 is 5.60 Å². The summed E-state index contributed by atoms with van der Waals surface area (Å²) in [5, 5.41) is 3.11. The van der Waals surface area contributed by atoms with E-state index in [9.17, 15) is 4.39 Å². The number of rotatable bonds is 2. The monoisotopic (exact) mass is 236 g/mol. The SMILES string of the molecule is CC(C)(C)Oc1ccc(C2=NCCN2)cc1F. The van der Waals surface area contributed by atoms with Crippen molar-refractivity contribution in [2.75, 3.05) is 13.1 Å². The van der Waals surface area contributed by atoms with Gasteiger partial charge in [-0.3, -0.25) is 4.99 Å². The molecule has 0 atom stereocenters. The highest BCUT2D eigenvalue weighted by molar-refractivity contribution is 5.99. The first kappa shape index (κ1) is 11.9. The summed E-state index contributed by atoms with van der Waals surface area (Å²) in [7, 11) is 0. The van der Waals surface area contributed by atoms with E-state index in [0.717, 1.165) is 24.5 Å². The summed E-state index contributed by atoms with van der Waals surface area (Å²) in [4.78, 5) is 4.25. The molecule has 0 radical (unpaired) electrons. The van der Waals surface area contributed by atoms with Gasteiger partial charge >= 0.3 is 0 Å². The van der Waals surface area contributed by atoms with Crippen molar-refractivity contribution in [1.29, 1.82) is 0 Å². The Balaban J connectivity index is 2.22. The Hall–Kier alpha value is -1.58. The van der Waals surface area contributed by atoms with Crippen molar-refractivity contribution in [3.63, 3.8) is 0 Å². The standard InChI is InChI=1S/C13H17FN2O/c1-13(2,3)17-11-5-4-9(8-10(11)14)12-15-6-7-16-12/h4-5,8H,6-7H2,1-3H3,(H,15,16). The lowest BCUT2D eigenvalue weighted by Crippen LogP contribution is -2.24. The third kappa shape index (κ3) is 2.96. The van der Waals surface area contributed by atoms with Crippen LogP contribution in [0.1, 0.15) is 26.3 Å². The fraction of sp³-hybridized carbons (Fsp3) is 0.462. The second-order valence-corrected chi connectivity index (χ2v) is 5.02. The van der Waals surface area contributed by atoms with Crippen LogP contribution in [0.3, 0.4) is 0 Å². The van der Waals surface area contributed by atoms with Gasteiger partial charge in [0.1, 0.15) is 11.4 Å². The van der Waals surface area contributed by atoms with Crippen LogP contribution in [0.15, 0.2) is 23.2 Å². The maximum absolute atomic E-state index is 13.8. The minimum atomic E-state index is -0.397. The van der Waals surface area contributed by atoms with Crippen LogP contribution in [0.2, 0.25) is 0 Å². The van der Waals surface area contributed by atoms with Crippen molar-refractivity contribution in [1.82, 2.24) is 5.32 Å². The van der Waals surface area contributed by atoms with Crippen LogP contribution < -0.4 is 10.1 Å². The van der Waals surface area contributed by atoms with Crippen molar-refractivity contribution in [3.05, 3.63) is 29.6 Å². The van der Waals surface area contributed by atoms with E-state index >= 15 is 0 Å². The van der Waals surface area contributed by atoms with E-state index in [-0.39, 0.29) is 11.6 Å². The maximum atomic E-state index is 13.8. The van der Waals surface area contributed by atoms with Crippen molar-refractivity contribution < 1.29 is 9.13 Å². The molecule has 1 heterocycles. The highest BCUT2D eigenvalue weighted by Gasteiger charge is 2.16. The molecular formula is C13H17FN2O. The summed E-state index contributed by atoms with van der Waals surface area (Å²) in [5.74, 6) is 0.680. The van der Waals surface area contributed by atoms with E-state index in [4.69, 9.17) is 4.74 Å². The van der Waals surface area contributed by atoms with Crippen LogP contribution in [0, 0.1) is 5.82 Å². The molecule has 2 rings (SSSR count). The van der Waals surface area contributed by atoms with Crippen LogP contribution in [-0.4, -0.2) is 24.5 Å². The zero-order valence-electron chi connectivity index (χ0n) is 10.4. The molecule has 0 aromatic heterocycles. The number of hydrogen-bond acceptors (Lipinski definition) is 3.